The van der Waals surface area contributed by atoms with Gasteiger partial charge in [0.15, 0.2) is 0 Å². The molecule has 0 aromatic heterocycles. The summed E-state index contributed by atoms with van der Waals surface area (Å²) in [6.07, 6.45) is 0. The van der Waals surface area contributed by atoms with Crippen LogP contribution in [-0.4, -0.2) is 23.9 Å². The van der Waals surface area contributed by atoms with E-state index in [0.29, 0.717) is 6.54 Å². The Balaban J connectivity index is 1.97. The van der Waals surface area contributed by atoms with Gasteiger partial charge >= 0.3 is 0 Å². The Hall–Kier alpha value is -1.62. The quantitative estimate of drug-likeness (QED) is 0.690. The van der Waals surface area contributed by atoms with E-state index in [1.165, 1.54) is 11.6 Å². The number of amides is 1. The molecule has 3 nitrogen and oxygen atoms in total. The molecule has 134 valence electrons. The van der Waals surface area contributed by atoms with Crippen molar-refractivity contribution in [3.8, 4) is 0 Å². The molecule has 25 heavy (non-hydrogen) atoms. The molecule has 0 heterocycles. The molecule has 0 aliphatic carbocycles. The van der Waals surface area contributed by atoms with Crippen molar-refractivity contribution < 1.29 is 9.18 Å². The number of benzene rings is 2. The Labute approximate surface area is 157 Å². The fourth-order valence-electron chi connectivity index (χ4n) is 2.44. The third-order valence-electron chi connectivity index (χ3n) is 4.03. The smallest absolute Gasteiger partial charge is 0.253 e. The first-order chi connectivity index (χ1) is 11.9. The van der Waals surface area contributed by atoms with Crippen LogP contribution in [0.25, 0.3) is 0 Å². The summed E-state index contributed by atoms with van der Waals surface area (Å²) in [5.74, 6) is -1.11. The van der Waals surface area contributed by atoms with Crippen LogP contribution >= 0.6 is 23.2 Å². The predicted octanol–water partition coefficient (Wildman–Crippen LogP) is 4.90. The Bertz CT molecular complexity index is 731. The van der Waals surface area contributed by atoms with Gasteiger partial charge in [0.1, 0.15) is 5.82 Å². The van der Waals surface area contributed by atoms with Crippen molar-refractivity contribution in [1.29, 1.82) is 0 Å². The van der Waals surface area contributed by atoms with Crippen LogP contribution in [0.2, 0.25) is 10.0 Å². The molecule has 0 radical (unpaired) electrons. The topological polar surface area (TPSA) is 32.3 Å². The molecular formula is C19H21Cl2FN2O. The molecule has 2 aromatic rings. The lowest BCUT2D eigenvalue weighted by Gasteiger charge is -2.18. The number of carbonyl (C=O) groups excluding carboxylic acids is 1. The molecule has 1 amide bonds. The van der Waals surface area contributed by atoms with E-state index in [1.54, 1.807) is 0 Å². The molecule has 6 heteroatoms. The number of nitrogens with zero attached hydrogens (tertiary/aromatic N) is 1. The van der Waals surface area contributed by atoms with Crippen molar-refractivity contribution in [2.45, 2.75) is 26.9 Å². The first kappa shape index (κ1) is 19.7. The molecular weight excluding hydrogens is 362 g/mol. The highest BCUT2D eigenvalue weighted by atomic mass is 35.5. The molecule has 0 aliphatic rings. The fraction of sp³-hybridized carbons (Fsp3) is 0.316. The zero-order valence-electron chi connectivity index (χ0n) is 14.3. The molecule has 0 fully saturated rings. The number of hydrogen-bond acceptors (Lipinski definition) is 2. The summed E-state index contributed by atoms with van der Waals surface area (Å²) in [5.41, 5.74) is 2.26. The summed E-state index contributed by atoms with van der Waals surface area (Å²) in [6.45, 7) is 7.53. The summed E-state index contributed by atoms with van der Waals surface area (Å²) in [5, 5.41) is 2.76. The predicted molar refractivity (Wildman–Crippen MR) is 101 cm³/mol. The van der Waals surface area contributed by atoms with E-state index >= 15 is 0 Å². The average molecular weight is 383 g/mol. The van der Waals surface area contributed by atoms with E-state index in [2.05, 4.69) is 36.2 Å². The molecule has 0 spiro atoms. The van der Waals surface area contributed by atoms with Gasteiger partial charge in [0.25, 0.3) is 5.91 Å². The van der Waals surface area contributed by atoms with Gasteiger partial charge in [-0.15, -0.1) is 0 Å². The molecule has 1 N–H and O–H groups in total. The summed E-state index contributed by atoms with van der Waals surface area (Å²) < 4.78 is 13.5. The Morgan fingerprint density at radius 1 is 1.04 bits per heavy atom. The minimum Gasteiger partial charge on any atom is -0.348 e. The number of rotatable bonds is 7. The monoisotopic (exact) mass is 382 g/mol. The second-order valence-electron chi connectivity index (χ2n) is 5.71. The molecule has 2 aromatic carbocycles. The van der Waals surface area contributed by atoms with E-state index in [4.69, 9.17) is 23.2 Å². The standard InChI is InChI=1S/C19H21Cl2FN2O/c1-3-24(4-2)12-14-7-5-13(6-8-14)11-23-19(25)15-9-18(22)17(21)10-16(15)20/h5-10H,3-4,11-12H2,1-2H3,(H,23,25). The SMILES string of the molecule is CCN(CC)Cc1ccc(CNC(=O)c2cc(F)c(Cl)cc2Cl)cc1. The molecule has 0 unspecified atom stereocenters. The van der Waals surface area contributed by atoms with Gasteiger partial charge in [-0.1, -0.05) is 61.3 Å². The maximum absolute atomic E-state index is 13.5. The number of nitrogens with one attached hydrogen (secondary N) is 1. The maximum atomic E-state index is 13.5. The van der Waals surface area contributed by atoms with Crippen LogP contribution in [0.4, 0.5) is 4.39 Å². The zero-order chi connectivity index (χ0) is 18.4. The second kappa shape index (κ2) is 9.18. The summed E-state index contributed by atoms with van der Waals surface area (Å²) in [7, 11) is 0. The maximum Gasteiger partial charge on any atom is 0.253 e. The van der Waals surface area contributed by atoms with Crippen molar-refractivity contribution in [2.75, 3.05) is 13.1 Å². The van der Waals surface area contributed by atoms with Crippen molar-refractivity contribution in [2.24, 2.45) is 0 Å². The van der Waals surface area contributed by atoms with Gasteiger partial charge in [0.2, 0.25) is 0 Å². The Morgan fingerprint density at radius 2 is 1.64 bits per heavy atom. The lowest BCUT2D eigenvalue weighted by atomic mass is 10.1. The van der Waals surface area contributed by atoms with Crippen LogP contribution in [0, 0.1) is 5.82 Å². The second-order valence-corrected chi connectivity index (χ2v) is 6.52. The van der Waals surface area contributed by atoms with Gasteiger partial charge in [0.05, 0.1) is 15.6 Å². The van der Waals surface area contributed by atoms with Crippen LogP contribution in [-0.2, 0) is 13.1 Å². The third kappa shape index (κ3) is 5.43. The van der Waals surface area contributed by atoms with Crippen LogP contribution in [0.5, 0.6) is 0 Å². The van der Waals surface area contributed by atoms with Gasteiger partial charge in [-0.25, -0.2) is 4.39 Å². The summed E-state index contributed by atoms with van der Waals surface area (Å²) >= 11 is 11.6. The largest absolute Gasteiger partial charge is 0.348 e. The van der Waals surface area contributed by atoms with Gasteiger partial charge in [-0.3, -0.25) is 9.69 Å². The first-order valence-corrected chi connectivity index (χ1v) is 8.93. The van der Waals surface area contributed by atoms with E-state index in [9.17, 15) is 9.18 Å². The van der Waals surface area contributed by atoms with E-state index in [-0.39, 0.29) is 15.6 Å². The Morgan fingerprint density at radius 3 is 2.24 bits per heavy atom. The van der Waals surface area contributed by atoms with Gasteiger partial charge in [-0.05, 0) is 36.3 Å². The minimum atomic E-state index is -0.669. The number of halogens is 3. The van der Waals surface area contributed by atoms with Crippen molar-refractivity contribution in [3.63, 3.8) is 0 Å². The highest BCUT2D eigenvalue weighted by Gasteiger charge is 2.14. The van der Waals surface area contributed by atoms with Gasteiger partial charge < -0.3 is 5.32 Å². The Kier molecular flexibility index (Phi) is 7.24. The third-order valence-corrected chi connectivity index (χ3v) is 4.63. The van der Waals surface area contributed by atoms with E-state index < -0.39 is 11.7 Å². The zero-order valence-corrected chi connectivity index (χ0v) is 15.8. The van der Waals surface area contributed by atoms with Crippen LogP contribution in [0.15, 0.2) is 36.4 Å². The number of carbonyl (C=O) groups is 1. The lowest BCUT2D eigenvalue weighted by molar-refractivity contribution is 0.0950. The van der Waals surface area contributed by atoms with Crippen molar-refractivity contribution in [3.05, 3.63) is 69.0 Å². The van der Waals surface area contributed by atoms with Crippen LogP contribution in [0.3, 0.4) is 0 Å². The minimum absolute atomic E-state index is 0.0710. The van der Waals surface area contributed by atoms with Crippen molar-refractivity contribution >= 4 is 29.1 Å². The normalized spacial score (nSPS) is 11.0. The molecule has 0 saturated heterocycles. The molecule has 0 bridgehead atoms. The van der Waals surface area contributed by atoms with E-state index in [0.717, 1.165) is 31.3 Å². The molecule has 0 saturated carbocycles. The van der Waals surface area contributed by atoms with Crippen LogP contribution < -0.4 is 5.32 Å². The fourth-order valence-corrected chi connectivity index (χ4v) is 2.91. The van der Waals surface area contributed by atoms with Crippen LogP contribution in [0.1, 0.15) is 35.3 Å². The lowest BCUT2D eigenvalue weighted by Crippen LogP contribution is -2.23. The molecule has 2 rings (SSSR count). The average Bonchev–Trinajstić information content (AvgIpc) is 2.61. The van der Waals surface area contributed by atoms with Gasteiger partial charge in [0, 0.05) is 13.1 Å². The van der Waals surface area contributed by atoms with Gasteiger partial charge in [-0.2, -0.15) is 0 Å². The summed E-state index contributed by atoms with van der Waals surface area (Å²) in [4.78, 5) is 14.5. The van der Waals surface area contributed by atoms with Crippen molar-refractivity contribution in [1.82, 2.24) is 10.2 Å². The highest BCUT2D eigenvalue weighted by Crippen LogP contribution is 2.24. The van der Waals surface area contributed by atoms with E-state index in [1.807, 2.05) is 12.1 Å². The summed E-state index contributed by atoms with van der Waals surface area (Å²) in [6, 6.07) is 10.3. The first-order valence-electron chi connectivity index (χ1n) is 8.17. The molecule has 0 aliphatic heterocycles. The highest BCUT2D eigenvalue weighted by molar-refractivity contribution is 6.36. The number of hydrogen-bond donors (Lipinski definition) is 1. The molecule has 0 atom stereocenters.